The number of hydrazine groups is 1. The molecule has 70 valence electrons. The normalized spacial score (nSPS) is 20.8. The lowest BCUT2D eigenvalue weighted by molar-refractivity contribution is -0.114. The van der Waals surface area contributed by atoms with Crippen molar-refractivity contribution in [2.45, 2.75) is 0 Å². The van der Waals surface area contributed by atoms with Crippen LogP contribution < -0.4 is 5.43 Å². The summed E-state index contributed by atoms with van der Waals surface area (Å²) in [5.41, 5.74) is 2.61. The Morgan fingerprint density at radius 2 is 2.00 bits per heavy atom. The molecule has 0 saturated carbocycles. The summed E-state index contributed by atoms with van der Waals surface area (Å²) in [5.74, 6) is 0. The topological polar surface area (TPSA) is 55.8 Å². The van der Waals surface area contributed by atoms with Crippen LogP contribution in [0.1, 0.15) is 0 Å². The third kappa shape index (κ3) is 2.77. The quantitative estimate of drug-likeness (QED) is 0.495. The van der Waals surface area contributed by atoms with Crippen LogP contribution in [-0.4, -0.2) is 60.8 Å². The van der Waals surface area contributed by atoms with Crippen LogP contribution >= 0.6 is 0 Å². The van der Waals surface area contributed by atoms with Crippen molar-refractivity contribution in [2.24, 2.45) is 0 Å². The summed E-state index contributed by atoms with van der Waals surface area (Å²) in [6, 6.07) is 0. The van der Waals surface area contributed by atoms with Crippen LogP contribution in [0.25, 0.3) is 0 Å². The summed E-state index contributed by atoms with van der Waals surface area (Å²) in [4.78, 5) is 12.2. The predicted molar refractivity (Wildman–Crippen MR) is 44.3 cm³/mol. The van der Waals surface area contributed by atoms with Gasteiger partial charge in [-0.2, -0.15) is 0 Å². The van der Waals surface area contributed by atoms with Gasteiger partial charge < -0.3 is 5.11 Å². The van der Waals surface area contributed by atoms with Crippen LogP contribution in [0.2, 0.25) is 0 Å². The van der Waals surface area contributed by atoms with Gasteiger partial charge in [-0.15, -0.1) is 0 Å². The molecule has 0 atom stereocenters. The molecule has 0 spiro atoms. The van der Waals surface area contributed by atoms with E-state index in [2.05, 4.69) is 10.3 Å². The molecule has 5 heteroatoms. The highest BCUT2D eigenvalue weighted by Gasteiger charge is 2.14. The number of aliphatic hydroxyl groups excluding tert-OH is 1. The maximum absolute atomic E-state index is 10.1. The Balaban J connectivity index is 2.15. The van der Waals surface area contributed by atoms with Gasteiger partial charge in [0.05, 0.1) is 6.61 Å². The Morgan fingerprint density at radius 1 is 1.33 bits per heavy atom. The number of β-amino-alcohol motifs (C(OH)–C–C–N with tert-alkyl or cyclic N) is 1. The predicted octanol–water partition coefficient (Wildman–Crippen LogP) is -1.74. The van der Waals surface area contributed by atoms with Crippen molar-refractivity contribution < 1.29 is 9.90 Å². The molecule has 0 aliphatic carbocycles. The van der Waals surface area contributed by atoms with Gasteiger partial charge in [0.15, 0.2) is 0 Å². The van der Waals surface area contributed by atoms with E-state index in [1.165, 1.54) is 0 Å². The second-order valence-electron chi connectivity index (χ2n) is 2.80. The van der Waals surface area contributed by atoms with Crippen molar-refractivity contribution in [3.8, 4) is 0 Å². The number of aliphatic hydroxyl groups is 1. The fourth-order valence-corrected chi connectivity index (χ4v) is 1.32. The van der Waals surface area contributed by atoms with Gasteiger partial charge in [0.25, 0.3) is 0 Å². The number of amides is 1. The molecule has 1 fully saturated rings. The molecule has 0 radical (unpaired) electrons. The number of hydrogen-bond donors (Lipinski definition) is 2. The van der Waals surface area contributed by atoms with E-state index in [1.54, 1.807) is 0 Å². The van der Waals surface area contributed by atoms with Crippen LogP contribution in [0.5, 0.6) is 0 Å². The first kappa shape index (κ1) is 9.44. The van der Waals surface area contributed by atoms with Crippen molar-refractivity contribution in [3.05, 3.63) is 0 Å². The first-order valence-electron chi connectivity index (χ1n) is 4.15. The number of nitrogens with one attached hydrogen (secondary N) is 1. The highest BCUT2D eigenvalue weighted by Crippen LogP contribution is 1.96. The van der Waals surface area contributed by atoms with Crippen LogP contribution in [0.15, 0.2) is 0 Å². The van der Waals surface area contributed by atoms with Crippen molar-refractivity contribution in [2.75, 3.05) is 39.3 Å². The average Bonchev–Trinajstić information content (AvgIpc) is 2.09. The lowest BCUT2D eigenvalue weighted by atomic mass is 10.3. The Hall–Kier alpha value is -0.650. The molecule has 0 aromatic heterocycles. The molecule has 12 heavy (non-hydrogen) atoms. The lowest BCUT2D eigenvalue weighted by Crippen LogP contribution is -2.51. The van der Waals surface area contributed by atoms with E-state index >= 15 is 0 Å². The summed E-state index contributed by atoms with van der Waals surface area (Å²) in [6.07, 6.45) is 0.696. The number of hydrogen-bond acceptors (Lipinski definition) is 4. The molecule has 1 saturated heterocycles. The van der Waals surface area contributed by atoms with E-state index in [0.717, 1.165) is 32.7 Å². The SMILES string of the molecule is O=CNN1CCN(CCO)CC1. The lowest BCUT2D eigenvalue weighted by Gasteiger charge is -2.33. The molecule has 1 aliphatic rings. The standard InChI is InChI=1S/C7H15N3O2/c11-6-5-9-1-3-10(4-2-9)8-7-12/h7,11H,1-6H2,(H,8,12). The minimum Gasteiger partial charge on any atom is -0.395 e. The van der Waals surface area contributed by atoms with Gasteiger partial charge in [-0.05, 0) is 0 Å². The summed E-state index contributed by atoms with van der Waals surface area (Å²) >= 11 is 0. The van der Waals surface area contributed by atoms with E-state index in [9.17, 15) is 4.79 Å². The van der Waals surface area contributed by atoms with E-state index in [-0.39, 0.29) is 6.61 Å². The first-order chi connectivity index (χ1) is 5.86. The number of nitrogens with zero attached hydrogens (tertiary/aromatic N) is 2. The van der Waals surface area contributed by atoms with Gasteiger partial charge >= 0.3 is 0 Å². The van der Waals surface area contributed by atoms with E-state index in [1.807, 2.05) is 5.01 Å². The smallest absolute Gasteiger partial charge is 0.221 e. The van der Waals surface area contributed by atoms with Gasteiger partial charge in [-0.1, -0.05) is 0 Å². The van der Waals surface area contributed by atoms with Crippen molar-refractivity contribution in [1.29, 1.82) is 0 Å². The zero-order valence-electron chi connectivity index (χ0n) is 7.07. The summed E-state index contributed by atoms with van der Waals surface area (Å²) < 4.78 is 0. The zero-order valence-corrected chi connectivity index (χ0v) is 7.07. The van der Waals surface area contributed by atoms with Crippen LogP contribution in [0, 0.1) is 0 Å². The fourth-order valence-electron chi connectivity index (χ4n) is 1.32. The van der Waals surface area contributed by atoms with Gasteiger partial charge in [0.1, 0.15) is 0 Å². The minimum absolute atomic E-state index is 0.209. The van der Waals surface area contributed by atoms with E-state index < -0.39 is 0 Å². The molecular weight excluding hydrogens is 158 g/mol. The molecule has 5 nitrogen and oxygen atoms in total. The van der Waals surface area contributed by atoms with E-state index in [0.29, 0.717) is 6.41 Å². The molecule has 1 heterocycles. The van der Waals surface area contributed by atoms with Crippen LogP contribution in [0.3, 0.4) is 0 Å². The molecule has 1 aliphatic heterocycles. The third-order valence-electron chi connectivity index (χ3n) is 2.02. The van der Waals surface area contributed by atoms with E-state index in [4.69, 9.17) is 5.11 Å². The highest BCUT2D eigenvalue weighted by atomic mass is 16.3. The van der Waals surface area contributed by atoms with Crippen molar-refractivity contribution in [1.82, 2.24) is 15.3 Å². The van der Waals surface area contributed by atoms with Crippen LogP contribution in [-0.2, 0) is 4.79 Å². The average molecular weight is 173 g/mol. The zero-order chi connectivity index (χ0) is 8.81. The Bertz CT molecular complexity index is 135. The second kappa shape index (κ2) is 5.08. The number of piperazine rings is 1. The minimum atomic E-state index is 0.209. The monoisotopic (exact) mass is 173 g/mol. The second-order valence-corrected chi connectivity index (χ2v) is 2.80. The third-order valence-corrected chi connectivity index (χ3v) is 2.02. The summed E-state index contributed by atoms with van der Waals surface area (Å²) in [6.45, 7) is 4.41. The Labute approximate surface area is 71.9 Å². The largest absolute Gasteiger partial charge is 0.395 e. The van der Waals surface area contributed by atoms with Gasteiger partial charge in [0.2, 0.25) is 6.41 Å². The summed E-state index contributed by atoms with van der Waals surface area (Å²) in [7, 11) is 0. The fraction of sp³-hybridized carbons (Fsp3) is 0.857. The maximum atomic E-state index is 10.1. The summed E-state index contributed by atoms with van der Waals surface area (Å²) in [5, 5.41) is 10.5. The number of carbonyl (C=O) groups excluding carboxylic acids is 1. The van der Waals surface area contributed by atoms with Gasteiger partial charge in [0, 0.05) is 32.7 Å². The Morgan fingerprint density at radius 3 is 2.50 bits per heavy atom. The molecule has 0 bridgehead atoms. The van der Waals surface area contributed by atoms with Crippen molar-refractivity contribution >= 4 is 6.41 Å². The van der Waals surface area contributed by atoms with Gasteiger partial charge in [-0.3, -0.25) is 15.1 Å². The number of rotatable bonds is 4. The van der Waals surface area contributed by atoms with Gasteiger partial charge in [-0.25, -0.2) is 5.01 Å². The highest BCUT2D eigenvalue weighted by molar-refractivity contribution is 5.44. The molecule has 1 amide bonds. The molecule has 0 aromatic rings. The first-order valence-corrected chi connectivity index (χ1v) is 4.15. The molecule has 0 unspecified atom stereocenters. The van der Waals surface area contributed by atoms with Crippen molar-refractivity contribution in [3.63, 3.8) is 0 Å². The molecular formula is C7H15N3O2. The molecule has 2 N–H and O–H groups in total. The van der Waals surface area contributed by atoms with Crippen LogP contribution in [0.4, 0.5) is 0 Å². The molecule has 0 aromatic carbocycles. The number of carbonyl (C=O) groups is 1. The maximum Gasteiger partial charge on any atom is 0.221 e. The molecule has 1 rings (SSSR count). The Kier molecular flexibility index (Phi) is 3.99.